The molecule has 3 aliphatic rings. The average molecular weight is 607 g/mol. The van der Waals surface area contributed by atoms with Crippen molar-refractivity contribution in [3.05, 3.63) is 35.1 Å². The van der Waals surface area contributed by atoms with Crippen LogP contribution in [0.25, 0.3) is 0 Å². The van der Waals surface area contributed by atoms with Crippen LogP contribution in [0.15, 0.2) is 24.0 Å². The van der Waals surface area contributed by atoms with Crippen LogP contribution >= 0.6 is 0 Å². The Kier molecular flexibility index (Phi) is 8.72. The zero-order chi connectivity index (χ0) is 31.9. The molecule has 1 aromatic rings. The Balaban J connectivity index is 1.45. The lowest BCUT2D eigenvalue weighted by Crippen LogP contribution is -2.70. The number of carboxylic acid groups (broad SMARTS) is 2. The van der Waals surface area contributed by atoms with Crippen LogP contribution in [0, 0.1) is 0 Å². The van der Waals surface area contributed by atoms with Crippen molar-refractivity contribution in [3.63, 3.8) is 0 Å². The van der Waals surface area contributed by atoms with Gasteiger partial charge in [0.2, 0.25) is 0 Å². The fraction of sp³-hybridized carbons (Fsp3) is 0.536. The number of esters is 2. The number of likely N-dealkylation sites (N-methyl/N-ethyl adjacent to an activating group) is 1. The third-order valence-electron chi connectivity index (χ3n) is 8.43. The van der Waals surface area contributed by atoms with E-state index in [0.29, 0.717) is 18.4 Å². The number of nitrogens with one attached hydrogen (secondary N) is 2. The number of carbonyl (C=O) groups excluding carboxylic acids is 3. The van der Waals surface area contributed by atoms with Crippen LogP contribution < -0.4 is 15.4 Å². The minimum Gasteiger partial charge on any atom is -0.504 e. The summed E-state index contributed by atoms with van der Waals surface area (Å²) in [5, 5.41) is 56.0. The number of aromatic hydroxyl groups is 1. The van der Waals surface area contributed by atoms with Gasteiger partial charge in [-0.2, -0.15) is 0 Å². The number of ether oxygens (including phenoxy) is 3. The van der Waals surface area contributed by atoms with Crippen molar-refractivity contribution in [1.82, 2.24) is 10.6 Å². The average Bonchev–Trinajstić information content (AvgIpc) is 3.32. The molecule has 4 rings (SSSR count). The third kappa shape index (κ3) is 5.39. The Morgan fingerprint density at radius 2 is 1.86 bits per heavy atom. The molecule has 0 radical (unpaired) electrons. The van der Waals surface area contributed by atoms with Gasteiger partial charge < -0.3 is 50.4 Å². The van der Waals surface area contributed by atoms with E-state index in [1.165, 1.54) is 12.1 Å². The number of aliphatic carboxylic acids is 2. The highest BCUT2D eigenvalue weighted by atomic mass is 16.6. The predicted molar refractivity (Wildman–Crippen MR) is 143 cm³/mol. The van der Waals surface area contributed by atoms with E-state index in [1.54, 1.807) is 13.1 Å². The molecule has 1 amide bonds. The molecule has 0 bridgehead atoms. The molecule has 0 aromatic heterocycles. The minimum absolute atomic E-state index is 0.0202. The van der Waals surface area contributed by atoms with E-state index < -0.39 is 84.0 Å². The first-order valence-electron chi connectivity index (χ1n) is 13.7. The molecule has 0 saturated carbocycles. The monoisotopic (exact) mass is 606 g/mol. The Morgan fingerprint density at radius 3 is 2.47 bits per heavy atom. The van der Waals surface area contributed by atoms with Gasteiger partial charge >= 0.3 is 23.9 Å². The van der Waals surface area contributed by atoms with Crippen molar-refractivity contribution >= 4 is 29.8 Å². The lowest BCUT2D eigenvalue weighted by molar-refractivity contribution is -0.164. The highest BCUT2D eigenvalue weighted by Gasteiger charge is 2.69. The molecular weight excluding hydrogens is 572 g/mol. The van der Waals surface area contributed by atoms with Crippen LogP contribution in [0.3, 0.4) is 0 Å². The molecule has 0 fully saturated rings. The number of phenols is 1. The molecule has 0 spiro atoms. The van der Waals surface area contributed by atoms with Gasteiger partial charge in [0.1, 0.15) is 11.8 Å². The molecule has 43 heavy (non-hydrogen) atoms. The molecule has 0 unspecified atom stereocenters. The molecule has 1 aromatic carbocycles. The summed E-state index contributed by atoms with van der Waals surface area (Å²) in [6.45, 7) is 2.94. The van der Waals surface area contributed by atoms with Crippen molar-refractivity contribution in [1.29, 1.82) is 0 Å². The fourth-order valence-electron chi connectivity index (χ4n) is 6.36. The number of hydrogen-bond donors (Lipinski definition) is 7. The van der Waals surface area contributed by atoms with Crippen molar-refractivity contribution in [2.75, 3.05) is 7.05 Å². The lowest BCUT2D eigenvalue weighted by Gasteiger charge is -2.56. The van der Waals surface area contributed by atoms with Crippen LogP contribution in [0.1, 0.15) is 50.7 Å². The Hall–Kier alpha value is -4.21. The number of amides is 1. The smallest absolute Gasteiger partial charge is 0.340 e. The van der Waals surface area contributed by atoms with Gasteiger partial charge in [0.05, 0.1) is 23.9 Å². The van der Waals surface area contributed by atoms with Gasteiger partial charge in [-0.15, -0.1) is 0 Å². The van der Waals surface area contributed by atoms with E-state index in [1.807, 2.05) is 12.2 Å². The second-order valence-corrected chi connectivity index (χ2v) is 10.8. The highest BCUT2D eigenvalue weighted by Crippen LogP contribution is 2.63. The summed E-state index contributed by atoms with van der Waals surface area (Å²) in [5.41, 5.74) is -1.02. The van der Waals surface area contributed by atoms with Crippen LogP contribution in [0.4, 0.5) is 0 Å². The summed E-state index contributed by atoms with van der Waals surface area (Å²) in [6.07, 6.45) is -4.17. The molecule has 0 saturated heterocycles. The molecule has 2 aliphatic carbocycles. The van der Waals surface area contributed by atoms with Crippen LogP contribution in [0.2, 0.25) is 0 Å². The standard InChI is InChI=1S/C28H34N2O13/c1-4-27-21-13-5-6-15(31)22(21)43-23(27)17(7-8-28(27,40)18(9-13)29-3)42-26(39)16(32)11-20(35)41-12(2)24(36)30-14(25(37)38)10-19(33)34/h5-7,12,14,16,18,23,29,31-32,40H,4,8-11H2,1-3H3,(H,30,36)(H,33,34)(H,37,38)/t12-,14+,16-,18+,23-,27-,28+/m0/s1. The molecule has 234 valence electrons. The van der Waals surface area contributed by atoms with Crippen LogP contribution in [-0.4, -0.2) is 98.4 Å². The number of aliphatic hydroxyl groups excluding tert-OH is 1. The zero-order valence-corrected chi connectivity index (χ0v) is 23.7. The first kappa shape index (κ1) is 31.7. The Labute approximate surface area is 245 Å². The molecule has 15 heteroatoms. The number of benzene rings is 1. The number of carboxylic acids is 2. The summed E-state index contributed by atoms with van der Waals surface area (Å²) in [4.78, 5) is 59.4. The van der Waals surface area contributed by atoms with Crippen molar-refractivity contribution in [2.24, 2.45) is 0 Å². The summed E-state index contributed by atoms with van der Waals surface area (Å²) in [7, 11) is 1.73. The van der Waals surface area contributed by atoms with Gasteiger partial charge in [0.15, 0.2) is 29.8 Å². The maximum atomic E-state index is 12.9. The number of rotatable bonds is 12. The molecule has 7 N–H and O–H groups in total. The predicted octanol–water partition coefficient (Wildman–Crippen LogP) is -0.766. The largest absolute Gasteiger partial charge is 0.504 e. The van der Waals surface area contributed by atoms with E-state index in [0.717, 1.165) is 12.5 Å². The number of carbonyl (C=O) groups is 5. The lowest BCUT2D eigenvalue weighted by atomic mass is 9.52. The Bertz CT molecular complexity index is 1380. The number of hydrogen-bond acceptors (Lipinski definition) is 12. The quantitative estimate of drug-likeness (QED) is 0.145. The summed E-state index contributed by atoms with van der Waals surface area (Å²) in [5.74, 6) is -6.61. The minimum atomic E-state index is -2.04. The van der Waals surface area contributed by atoms with Crippen molar-refractivity contribution in [3.8, 4) is 11.5 Å². The number of phenolic OH excluding ortho intramolecular Hbond substituents is 1. The second-order valence-electron chi connectivity index (χ2n) is 10.8. The van der Waals surface area contributed by atoms with Crippen LogP contribution in [0.5, 0.6) is 11.5 Å². The van der Waals surface area contributed by atoms with Crippen molar-refractivity contribution < 1.29 is 63.7 Å². The van der Waals surface area contributed by atoms with Gasteiger partial charge in [-0.1, -0.05) is 13.0 Å². The fourth-order valence-corrected chi connectivity index (χ4v) is 6.36. The van der Waals surface area contributed by atoms with Crippen LogP contribution in [-0.2, 0) is 45.3 Å². The van der Waals surface area contributed by atoms with E-state index in [2.05, 4.69) is 5.32 Å². The third-order valence-corrected chi connectivity index (χ3v) is 8.43. The summed E-state index contributed by atoms with van der Waals surface area (Å²) in [6, 6.07) is 1.08. The number of aliphatic hydroxyl groups is 2. The molecule has 1 aliphatic heterocycles. The summed E-state index contributed by atoms with van der Waals surface area (Å²) >= 11 is 0. The van der Waals surface area contributed by atoms with Crippen molar-refractivity contribution in [2.45, 2.75) is 87.4 Å². The zero-order valence-electron chi connectivity index (χ0n) is 23.7. The molecule has 15 nitrogen and oxygen atoms in total. The topological polar surface area (TPSA) is 238 Å². The maximum absolute atomic E-state index is 12.9. The van der Waals surface area contributed by atoms with E-state index >= 15 is 0 Å². The van der Waals surface area contributed by atoms with E-state index in [4.69, 9.17) is 24.4 Å². The van der Waals surface area contributed by atoms with Gasteiger partial charge in [-0.3, -0.25) is 14.4 Å². The molecule has 1 heterocycles. The Morgan fingerprint density at radius 1 is 1.16 bits per heavy atom. The molecule has 7 atom stereocenters. The molecular formula is C28H34N2O13. The van der Waals surface area contributed by atoms with E-state index in [9.17, 15) is 39.3 Å². The van der Waals surface area contributed by atoms with Gasteiger partial charge in [-0.25, -0.2) is 9.59 Å². The normalized spacial score (nSPS) is 27.0. The first-order chi connectivity index (χ1) is 20.2. The SMILES string of the molecule is CC[C@]12c3c4ccc(O)c3O[C@H]1C(OC(=O)[C@@H](O)CC(=O)O[C@@H](C)C(=O)N[C@H](CC(=O)O)C(=O)O)=CC[C@@]2(O)[C@H](NC)C4. The highest BCUT2D eigenvalue weighted by molar-refractivity contribution is 5.90. The summed E-state index contributed by atoms with van der Waals surface area (Å²) < 4.78 is 16.5. The maximum Gasteiger partial charge on any atom is 0.340 e. The first-order valence-corrected chi connectivity index (χ1v) is 13.7. The van der Waals surface area contributed by atoms with Gasteiger partial charge in [0, 0.05) is 18.0 Å². The van der Waals surface area contributed by atoms with Gasteiger partial charge in [0.25, 0.3) is 5.91 Å². The van der Waals surface area contributed by atoms with Gasteiger partial charge in [-0.05, 0) is 44.5 Å². The van der Waals surface area contributed by atoms with E-state index in [-0.39, 0.29) is 23.7 Å². The second kappa shape index (κ2) is 11.8.